The topological polar surface area (TPSA) is 41.9 Å². The summed E-state index contributed by atoms with van der Waals surface area (Å²) in [4.78, 5) is 15.0. The molecule has 2 rings (SSSR count). The van der Waals surface area contributed by atoms with E-state index in [0.29, 0.717) is 0 Å². The zero-order valence-electron chi connectivity index (χ0n) is 10.4. The first kappa shape index (κ1) is 11.5. The second-order valence-electron chi connectivity index (χ2n) is 4.03. The molecule has 4 nitrogen and oxygen atoms in total. The second kappa shape index (κ2) is 4.91. The Morgan fingerprint density at radius 2 is 1.82 bits per heavy atom. The summed E-state index contributed by atoms with van der Waals surface area (Å²) in [5.41, 5.74) is 3.07. The van der Waals surface area contributed by atoms with E-state index in [1.54, 1.807) is 12.4 Å². The Labute approximate surface area is 101 Å². The van der Waals surface area contributed by atoms with Gasteiger partial charge in [-0.1, -0.05) is 6.92 Å². The SMILES string of the molecule is CCc1cc(-c2ccncc2)nc(N(C)C)n1. The Hall–Kier alpha value is -1.97. The summed E-state index contributed by atoms with van der Waals surface area (Å²) >= 11 is 0. The van der Waals surface area contributed by atoms with Crippen molar-refractivity contribution in [3.05, 3.63) is 36.3 Å². The molecule has 88 valence electrons. The van der Waals surface area contributed by atoms with Gasteiger partial charge >= 0.3 is 0 Å². The van der Waals surface area contributed by atoms with Crippen LogP contribution in [-0.4, -0.2) is 29.0 Å². The van der Waals surface area contributed by atoms with Gasteiger partial charge in [0.05, 0.1) is 5.69 Å². The Morgan fingerprint density at radius 1 is 1.12 bits per heavy atom. The third-order valence-corrected chi connectivity index (χ3v) is 2.51. The van der Waals surface area contributed by atoms with Crippen molar-refractivity contribution in [2.24, 2.45) is 0 Å². The van der Waals surface area contributed by atoms with Crippen LogP contribution in [0.5, 0.6) is 0 Å². The largest absolute Gasteiger partial charge is 0.347 e. The number of pyridine rings is 1. The highest BCUT2D eigenvalue weighted by Crippen LogP contribution is 2.19. The van der Waals surface area contributed by atoms with E-state index in [0.717, 1.165) is 29.3 Å². The predicted molar refractivity (Wildman–Crippen MR) is 69.0 cm³/mol. The van der Waals surface area contributed by atoms with Crippen molar-refractivity contribution < 1.29 is 0 Å². The van der Waals surface area contributed by atoms with Gasteiger partial charge in [0.2, 0.25) is 5.95 Å². The van der Waals surface area contributed by atoms with E-state index in [1.165, 1.54) is 0 Å². The normalized spacial score (nSPS) is 10.3. The van der Waals surface area contributed by atoms with Crippen LogP contribution < -0.4 is 4.90 Å². The highest BCUT2D eigenvalue weighted by molar-refractivity contribution is 5.60. The number of rotatable bonds is 3. The van der Waals surface area contributed by atoms with E-state index >= 15 is 0 Å². The lowest BCUT2D eigenvalue weighted by Gasteiger charge is -2.13. The first-order chi connectivity index (χ1) is 8.20. The van der Waals surface area contributed by atoms with Gasteiger partial charge in [-0.25, -0.2) is 9.97 Å². The van der Waals surface area contributed by atoms with Crippen LogP contribution in [0.4, 0.5) is 5.95 Å². The molecule has 2 aromatic heterocycles. The van der Waals surface area contributed by atoms with Gasteiger partial charge in [0, 0.05) is 37.7 Å². The minimum atomic E-state index is 0.746. The van der Waals surface area contributed by atoms with E-state index < -0.39 is 0 Å². The van der Waals surface area contributed by atoms with Gasteiger partial charge in [-0.3, -0.25) is 4.98 Å². The predicted octanol–water partition coefficient (Wildman–Crippen LogP) is 2.17. The van der Waals surface area contributed by atoms with Crippen LogP contribution >= 0.6 is 0 Å². The first-order valence-electron chi connectivity index (χ1n) is 5.66. The molecule has 0 fully saturated rings. The third-order valence-electron chi connectivity index (χ3n) is 2.51. The molecule has 0 atom stereocenters. The molecule has 2 heterocycles. The molecule has 0 aromatic carbocycles. The van der Waals surface area contributed by atoms with Crippen molar-refractivity contribution in [3.63, 3.8) is 0 Å². The fourth-order valence-corrected chi connectivity index (χ4v) is 1.54. The lowest BCUT2D eigenvalue weighted by molar-refractivity contribution is 0.942. The fraction of sp³-hybridized carbons (Fsp3) is 0.308. The quantitative estimate of drug-likeness (QED) is 0.807. The molecule has 0 spiro atoms. The monoisotopic (exact) mass is 228 g/mol. The number of hydrogen-bond donors (Lipinski definition) is 0. The van der Waals surface area contributed by atoms with Crippen molar-refractivity contribution in [3.8, 4) is 11.3 Å². The second-order valence-corrected chi connectivity index (χ2v) is 4.03. The van der Waals surface area contributed by atoms with Gasteiger partial charge < -0.3 is 4.90 Å². The summed E-state index contributed by atoms with van der Waals surface area (Å²) in [5, 5.41) is 0. The van der Waals surface area contributed by atoms with E-state index in [9.17, 15) is 0 Å². The first-order valence-corrected chi connectivity index (χ1v) is 5.66. The smallest absolute Gasteiger partial charge is 0.225 e. The minimum Gasteiger partial charge on any atom is -0.347 e. The molecular weight excluding hydrogens is 212 g/mol. The highest BCUT2D eigenvalue weighted by Gasteiger charge is 2.06. The summed E-state index contributed by atoms with van der Waals surface area (Å²) in [7, 11) is 3.90. The molecule has 0 saturated heterocycles. The van der Waals surface area contributed by atoms with Crippen LogP contribution in [0.2, 0.25) is 0 Å². The van der Waals surface area contributed by atoms with Gasteiger partial charge in [-0.05, 0) is 24.6 Å². The molecule has 0 saturated carbocycles. The third kappa shape index (κ3) is 2.58. The number of aromatic nitrogens is 3. The zero-order valence-corrected chi connectivity index (χ0v) is 10.4. The molecule has 0 radical (unpaired) electrons. The summed E-state index contributed by atoms with van der Waals surface area (Å²) in [5.74, 6) is 0.746. The number of aryl methyl sites for hydroxylation is 1. The molecule has 0 aliphatic rings. The number of nitrogens with zero attached hydrogens (tertiary/aromatic N) is 4. The Morgan fingerprint density at radius 3 is 2.41 bits per heavy atom. The van der Waals surface area contributed by atoms with E-state index in [4.69, 9.17) is 0 Å². The van der Waals surface area contributed by atoms with E-state index in [2.05, 4.69) is 21.9 Å². The van der Waals surface area contributed by atoms with Crippen LogP contribution in [0, 0.1) is 0 Å². The molecule has 17 heavy (non-hydrogen) atoms. The standard InChI is InChI=1S/C13H16N4/c1-4-11-9-12(10-5-7-14-8-6-10)16-13(15-11)17(2)3/h5-9H,4H2,1-3H3. The highest BCUT2D eigenvalue weighted by atomic mass is 15.2. The molecule has 0 unspecified atom stereocenters. The van der Waals surface area contributed by atoms with Gasteiger partial charge in [-0.15, -0.1) is 0 Å². The molecule has 0 amide bonds. The molecule has 0 aliphatic carbocycles. The van der Waals surface area contributed by atoms with Gasteiger partial charge in [0.1, 0.15) is 0 Å². The van der Waals surface area contributed by atoms with Gasteiger partial charge in [0.15, 0.2) is 0 Å². The van der Waals surface area contributed by atoms with E-state index in [1.807, 2.05) is 37.2 Å². The fourth-order valence-electron chi connectivity index (χ4n) is 1.54. The van der Waals surface area contributed by atoms with Crippen LogP contribution in [0.25, 0.3) is 11.3 Å². The molecule has 4 heteroatoms. The van der Waals surface area contributed by atoms with Crippen molar-refractivity contribution in [1.29, 1.82) is 0 Å². The van der Waals surface area contributed by atoms with E-state index in [-0.39, 0.29) is 0 Å². The van der Waals surface area contributed by atoms with Crippen molar-refractivity contribution in [2.45, 2.75) is 13.3 Å². The van der Waals surface area contributed by atoms with Crippen molar-refractivity contribution in [2.75, 3.05) is 19.0 Å². The van der Waals surface area contributed by atoms with Gasteiger partial charge in [-0.2, -0.15) is 0 Å². The number of hydrogen-bond acceptors (Lipinski definition) is 4. The lowest BCUT2D eigenvalue weighted by atomic mass is 10.1. The maximum Gasteiger partial charge on any atom is 0.225 e. The summed E-state index contributed by atoms with van der Waals surface area (Å²) in [6, 6.07) is 5.95. The molecule has 2 aromatic rings. The van der Waals surface area contributed by atoms with Crippen LogP contribution in [0.1, 0.15) is 12.6 Å². The van der Waals surface area contributed by atoms with Crippen molar-refractivity contribution in [1.82, 2.24) is 15.0 Å². The average Bonchev–Trinajstić information content (AvgIpc) is 2.39. The van der Waals surface area contributed by atoms with Crippen LogP contribution in [0.3, 0.4) is 0 Å². The maximum atomic E-state index is 4.54. The van der Waals surface area contributed by atoms with Crippen molar-refractivity contribution >= 4 is 5.95 Å². The summed E-state index contributed by atoms with van der Waals surface area (Å²) < 4.78 is 0. The Balaban J connectivity index is 2.50. The minimum absolute atomic E-state index is 0.746. The van der Waals surface area contributed by atoms with Gasteiger partial charge in [0.25, 0.3) is 0 Å². The average molecular weight is 228 g/mol. The Bertz CT molecular complexity index is 494. The molecule has 0 aliphatic heterocycles. The number of anilines is 1. The molecule has 0 N–H and O–H groups in total. The zero-order chi connectivity index (χ0) is 12.3. The van der Waals surface area contributed by atoms with Crippen LogP contribution in [-0.2, 0) is 6.42 Å². The van der Waals surface area contributed by atoms with Crippen LogP contribution in [0.15, 0.2) is 30.6 Å². The summed E-state index contributed by atoms with van der Waals surface area (Å²) in [6.07, 6.45) is 4.46. The molecular formula is C13H16N4. The Kier molecular flexibility index (Phi) is 3.32. The lowest BCUT2D eigenvalue weighted by Crippen LogP contribution is -2.14. The summed E-state index contributed by atoms with van der Waals surface area (Å²) in [6.45, 7) is 2.10. The maximum absolute atomic E-state index is 4.54. The molecule has 0 bridgehead atoms.